The topological polar surface area (TPSA) is 63.9 Å². The molecule has 0 bridgehead atoms. The predicted molar refractivity (Wildman–Crippen MR) is 47.1 cm³/mol. The van der Waals surface area contributed by atoms with E-state index >= 15 is 0 Å². The second-order valence-electron chi connectivity index (χ2n) is 2.23. The normalized spacial score (nSPS) is 9.15. The lowest BCUT2D eigenvalue weighted by molar-refractivity contribution is -0.255. The molecule has 1 aromatic carbocycles. The number of carbonyl (C=O) groups excluding carboxylic acids is 1. The average Bonchev–Trinajstić information content (AvgIpc) is 2.15. The van der Waals surface area contributed by atoms with Crippen LogP contribution in [0.25, 0.3) is 0 Å². The molecule has 4 heteroatoms. The second-order valence-corrected chi connectivity index (χ2v) is 3.25. The van der Waals surface area contributed by atoms with Crippen molar-refractivity contribution in [2.45, 2.75) is 4.90 Å². The lowest BCUT2D eigenvalue weighted by Gasteiger charge is -2.07. The van der Waals surface area contributed by atoms with E-state index in [0.717, 1.165) is 0 Å². The molecule has 0 aliphatic heterocycles. The molecule has 0 heterocycles. The zero-order valence-electron chi connectivity index (χ0n) is 6.69. The summed E-state index contributed by atoms with van der Waals surface area (Å²) in [5.74, 6) is -0.967. The Kier molecular flexibility index (Phi) is 3.35. The van der Waals surface area contributed by atoms with Gasteiger partial charge in [-0.25, -0.2) is 0 Å². The van der Waals surface area contributed by atoms with E-state index in [4.69, 9.17) is 5.26 Å². The summed E-state index contributed by atoms with van der Waals surface area (Å²) in [7, 11) is 0. The molecular weight excluding hydrogens is 186 g/mol. The van der Waals surface area contributed by atoms with Gasteiger partial charge < -0.3 is 9.90 Å². The van der Waals surface area contributed by atoms with Crippen molar-refractivity contribution in [3.8, 4) is 6.07 Å². The third-order valence-corrected chi connectivity index (χ3v) is 2.34. The quantitative estimate of drug-likeness (QED) is 0.660. The van der Waals surface area contributed by atoms with Crippen LogP contribution in [0.3, 0.4) is 0 Å². The van der Waals surface area contributed by atoms with Crippen LogP contribution >= 0.6 is 11.8 Å². The number of hydrogen-bond acceptors (Lipinski definition) is 4. The van der Waals surface area contributed by atoms with Crippen LogP contribution < -0.4 is 5.11 Å². The van der Waals surface area contributed by atoms with Gasteiger partial charge in [-0.1, -0.05) is 18.2 Å². The highest BCUT2D eigenvalue weighted by Gasteiger charge is 2.01. The van der Waals surface area contributed by atoms with Gasteiger partial charge >= 0.3 is 0 Å². The van der Waals surface area contributed by atoms with Crippen LogP contribution in [0, 0.1) is 11.3 Å². The summed E-state index contributed by atoms with van der Waals surface area (Å²) in [6.07, 6.45) is 0. The highest BCUT2D eigenvalue weighted by atomic mass is 32.2. The molecule has 0 radical (unpaired) electrons. The molecule has 0 spiro atoms. The van der Waals surface area contributed by atoms with Crippen molar-refractivity contribution in [2.24, 2.45) is 0 Å². The first-order valence-electron chi connectivity index (χ1n) is 3.56. The van der Waals surface area contributed by atoms with E-state index in [-0.39, 0.29) is 11.3 Å². The summed E-state index contributed by atoms with van der Waals surface area (Å²) in [5, 5.41) is 18.9. The Morgan fingerprint density at radius 1 is 1.54 bits per heavy atom. The van der Waals surface area contributed by atoms with E-state index < -0.39 is 5.97 Å². The molecule has 0 fully saturated rings. The fraction of sp³-hybridized carbons (Fsp3) is 0.111. The number of carboxylic acids is 1. The summed E-state index contributed by atoms with van der Waals surface area (Å²) >= 11 is 1.19. The summed E-state index contributed by atoms with van der Waals surface area (Å²) in [4.78, 5) is 11.2. The van der Waals surface area contributed by atoms with Crippen molar-refractivity contribution in [2.75, 3.05) is 5.75 Å². The zero-order valence-corrected chi connectivity index (χ0v) is 7.50. The Balaban J connectivity index is 2.92. The van der Waals surface area contributed by atoms with E-state index in [9.17, 15) is 9.90 Å². The minimum atomic E-state index is -1.21. The molecule has 0 amide bonds. The molecule has 1 rings (SSSR count). The summed E-state index contributed by atoms with van der Waals surface area (Å²) in [5.41, 5.74) is 0.141. The van der Waals surface area contributed by atoms with E-state index in [1.165, 1.54) is 17.8 Å². The summed E-state index contributed by atoms with van der Waals surface area (Å²) < 4.78 is 0. The van der Waals surface area contributed by atoms with Crippen molar-refractivity contribution < 1.29 is 9.90 Å². The molecular formula is C9H6NO2S-. The fourth-order valence-electron chi connectivity index (χ4n) is 0.871. The Labute approximate surface area is 80.0 Å². The highest BCUT2D eigenvalue weighted by molar-refractivity contribution is 7.99. The third-order valence-electron chi connectivity index (χ3n) is 1.40. The lowest BCUT2D eigenvalue weighted by Crippen LogP contribution is -2.22. The fourth-order valence-corrected chi connectivity index (χ4v) is 1.57. The number of carbonyl (C=O) groups is 1. The molecule has 13 heavy (non-hydrogen) atoms. The Morgan fingerprint density at radius 2 is 2.23 bits per heavy atom. The number of carboxylic acid groups (broad SMARTS) is 1. The molecule has 0 saturated heterocycles. The summed E-state index contributed by atoms with van der Waals surface area (Å²) in [6.45, 7) is 0. The third kappa shape index (κ3) is 2.49. The molecule has 0 saturated carbocycles. The van der Waals surface area contributed by atoms with Gasteiger partial charge in [-0.15, -0.1) is 11.8 Å². The average molecular weight is 192 g/mol. The maximum atomic E-state index is 10.6. The minimum absolute atomic E-state index is 0.141. The van der Waals surface area contributed by atoms with E-state index in [1.807, 2.05) is 6.07 Å². The first kappa shape index (κ1) is 9.62. The van der Waals surface area contributed by atoms with Gasteiger partial charge in [0.1, 0.15) is 0 Å². The van der Waals surface area contributed by atoms with E-state index in [0.29, 0.717) is 4.90 Å². The van der Waals surface area contributed by atoms with Gasteiger partial charge in [0.05, 0.1) is 17.8 Å². The molecule has 0 unspecified atom stereocenters. The number of aromatic carboxylic acids is 1. The Bertz CT molecular complexity index is 357. The monoisotopic (exact) mass is 192 g/mol. The number of thioether (sulfide) groups is 1. The van der Waals surface area contributed by atoms with Crippen molar-refractivity contribution in [1.82, 2.24) is 0 Å². The molecule has 0 aromatic heterocycles. The molecule has 0 N–H and O–H groups in total. The molecule has 0 aliphatic rings. The van der Waals surface area contributed by atoms with Gasteiger partial charge in [-0.05, 0) is 6.07 Å². The van der Waals surface area contributed by atoms with Gasteiger partial charge in [-0.2, -0.15) is 5.26 Å². The van der Waals surface area contributed by atoms with Gasteiger partial charge in [0.2, 0.25) is 0 Å². The SMILES string of the molecule is N#CCSc1ccccc1C(=O)[O-]. The number of rotatable bonds is 3. The van der Waals surface area contributed by atoms with Crippen molar-refractivity contribution in [3.05, 3.63) is 29.8 Å². The predicted octanol–water partition coefficient (Wildman–Crippen LogP) is 0.666. The minimum Gasteiger partial charge on any atom is -0.545 e. The second kappa shape index (κ2) is 4.53. The molecule has 1 aromatic rings. The molecule has 0 atom stereocenters. The summed E-state index contributed by atoms with van der Waals surface area (Å²) in [6, 6.07) is 8.41. The van der Waals surface area contributed by atoms with Crippen molar-refractivity contribution in [3.63, 3.8) is 0 Å². The molecule has 66 valence electrons. The van der Waals surface area contributed by atoms with Crippen molar-refractivity contribution >= 4 is 17.7 Å². The van der Waals surface area contributed by atoms with E-state index in [1.54, 1.807) is 18.2 Å². The van der Waals surface area contributed by atoms with Crippen LogP contribution in [-0.2, 0) is 0 Å². The van der Waals surface area contributed by atoms with Gasteiger partial charge in [0.15, 0.2) is 0 Å². The number of benzene rings is 1. The van der Waals surface area contributed by atoms with Crippen LogP contribution in [0.2, 0.25) is 0 Å². The highest BCUT2D eigenvalue weighted by Crippen LogP contribution is 2.21. The Morgan fingerprint density at radius 3 is 2.85 bits per heavy atom. The first-order valence-corrected chi connectivity index (χ1v) is 4.54. The number of hydrogen-bond donors (Lipinski definition) is 0. The number of nitriles is 1. The van der Waals surface area contributed by atoms with Crippen LogP contribution in [-0.4, -0.2) is 11.7 Å². The van der Waals surface area contributed by atoms with Crippen LogP contribution in [0.5, 0.6) is 0 Å². The van der Waals surface area contributed by atoms with Gasteiger partial charge in [0, 0.05) is 10.5 Å². The number of nitrogens with zero attached hydrogens (tertiary/aromatic N) is 1. The van der Waals surface area contributed by atoms with Crippen molar-refractivity contribution in [1.29, 1.82) is 5.26 Å². The largest absolute Gasteiger partial charge is 0.545 e. The maximum absolute atomic E-state index is 10.6. The molecule has 0 aliphatic carbocycles. The van der Waals surface area contributed by atoms with Crippen LogP contribution in [0.15, 0.2) is 29.2 Å². The molecule has 3 nitrogen and oxygen atoms in total. The van der Waals surface area contributed by atoms with E-state index in [2.05, 4.69) is 0 Å². The smallest absolute Gasteiger partial charge is 0.0855 e. The van der Waals surface area contributed by atoms with Gasteiger partial charge in [0.25, 0.3) is 0 Å². The van der Waals surface area contributed by atoms with Crippen LogP contribution in [0.4, 0.5) is 0 Å². The van der Waals surface area contributed by atoms with Crippen LogP contribution in [0.1, 0.15) is 10.4 Å². The first-order chi connectivity index (χ1) is 6.25. The lowest BCUT2D eigenvalue weighted by atomic mass is 10.2. The van der Waals surface area contributed by atoms with Gasteiger partial charge in [-0.3, -0.25) is 0 Å². The Hall–Kier alpha value is -1.47. The zero-order chi connectivity index (χ0) is 9.68. The maximum Gasteiger partial charge on any atom is 0.0855 e. The standard InChI is InChI=1S/C9H7NO2S/c10-5-6-13-8-4-2-1-3-7(8)9(11)12/h1-4H,6H2,(H,11,12)/p-1.